The van der Waals surface area contributed by atoms with Crippen LogP contribution in [0.1, 0.15) is 0 Å². The van der Waals surface area contributed by atoms with Gasteiger partial charge < -0.3 is 5.32 Å². The van der Waals surface area contributed by atoms with Gasteiger partial charge in [-0.15, -0.1) is 4.83 Å². The van der Waals surface area contributed by atoms with E-state index in [2.05, 4.69) is 31.5 Å². The molecule has 12 heteroatoms. The Kier molecular flexibility index (Phi) is 6.13. The Hall–Kier alpha value is -1.57. The molecule has 2 aromatic rings. The zero-order chi connectivity index (χ0) is 18.7. The van der Waals surface area contributed by atoms with E-state index in [1.165, 1.54) is 36.4 Å². The molecule has 5 N–H and O–H groups in total. The first-order valence-corrected chi connectivity index (χ1v) is 10.8. The van der Waals surface area contributed by atoms with Crippen molar-refractivity contribution >= 4 is 59.0 Å². The second kappa shape index (κ2) is 7.76. The Labute approximate surface area is 159 Å². The molecule has 0 fully saturated rings. The molecule has 0 saturated heterocycles. The molecule has 0 heterocycles. The topological polar surface area (TPSA) is 130 Å². The van der Waals surface area contributed by atoms with Crippen LogP contribution in [0.2, 0.25) is 0 Å². The molecule has 0 aromatic heterocycles. The summed E-state index contributed by atoms with van der Waals surface area (Å²) in [6.45, 7) is 0. The fraction of sp³-hybridized carbons (Fsp3) is 0. The van der Waals surface area contributed by atoms with Crippen LogP contribution in [0.3, 0.4) is 0 Å². The minimum absolute atomic E-state index is 0.0240. The van der Waals surface area contributed by atoms with E-state index in [0.29, 0.717) is 5.69 Å². The minimum atomic E-state index is -3.80. The number of nitrogens with two attached hydrogens (primary N) is 1. The van der Waals surface area contributed by atoms with Crippen molar-refractivity contribution in [2.24, 2.45) is 5.14 Å². The third-order valence-corrected chi connectivity index (χ3v) is 5.79. The third-order valence-electron chi connectivity index (χ3n) is 2.86. The second-order valence-corrected chi connectivity index (χ2v) is 9.28. The Balaban J connectivity index is 1.97. The second-order valence-electron chi connectivity index (χ2n) is 4.71. The molecule has 0 amide bonds. The van der Waals surface area contributed by atoms with Crippen molar-refractivity contribution in [3.63, 3.8) is 0 Å². The first-order valence-electron chi connectivity index (χ1n) is 6.55. The summed E-state index contributed by atoms with van der Waals surface area (Å²) in [5.41, 5.74) is 2.81. The average molecular weight is 465 g/mol. The molecule has 0 aliphatic rings. The Morgan fingerprint density at radius 2 is 1.44 bits per heavy atom. The summed E-state index contributed by atoms with van der Waals surface area (Å²) in [6, 6.07) is 11.5. The van der Waals surface area contributed by atoms with E-state index in [1.807, 2.05) is 0 Å². The van der Waals surface area contributed by atoms with E-state index in [1.54, 1.807) is 12.1 Å². The van der Waals surface area contributed by atoms with Crippen LogP contribution < -0.4 is 20.7 Å². The SMILES string of the molecule is NS(=O)(=O)c1ccc(NC(=S)NNS(=O)(=O)c2ccc(Br)cc2)cc1. The summed E-state index contributed by atoms with van der Waals surface area (Å²) in [4.78, 5) is 2.15. The minimum Gasteiger partial charge on any atom is -0.332 e. The number of benzene rings is 2. The molecule has 134 valence electrons. The van der Waals surface area contributed by atoms with Crippen LogP contribution in [-0.2, 0) is 20.0 Å². The highest BCUT2D eigenvalue weighted by Crippen LogP contribution is 2.14. The van der Waals surface area contributed by atoms with Crippen LogP contribution in [0.4, 0.5) is 5.69 Å². The van der Waals surface area contributed by atoms with Crippen LogP contribution in [0, 0.1) is 0 Å². The van der Waals surface area contributed by atoms with Crippen molar-refractivity contribution in [2.45, 2.75) is 9.79 Å². The molecule has 0 bridgehead atoms. The van der Waals surface area contributed by atoms with Gasteiger partial charge in [0.15, 0.2) is 5.11 Å². The molecule has 8 nitrogen and oxygen atoms in total. The number of thiocarbonyl (C=S) groups is 1. The predicted molar refractivity (Wildman–Crippen MR) is 102 cm³/mol. The van der Waals surface area contributed by atoms with Gasteiger partial charge in [-0.2, -0.15) is 0 Å². The Morgan fingerprint density at radius 3 is 1.96 bits per heavy atom. The van der Waals surface area contributed by atoms with Crippen LogP contribution in [-0.4, -0.2) is 21.9 Å². The zero-order valence-corrected chi connectivity index (χ0v) is 16.5. The monoisotopic (exact) mass is 464 g/mol. The molecule has 0 saturated carbocycles. The largest absolute Gasteiger partial charge is 0.332 e. The average Bonchev–Trinajstić information content (AvgIpc) is 2.53. The van der Waals surface area contributed by atoms with Crippen LogP contribution in [0.15, 0.2) is 62.8 Å². The quantitative estimate of drug-likeness (QED) is 0.387. The number of nitrogens with one attached hydrogen (secondary N) is 3. The van der Waals surface area contributed by atoms with Crippen molar-refractivity contribution < 1.29 is 16.8 Å². The van der Waals surface area contributed by atoms with Crippen LogP contribution in [0.5, 0.6) is 0 Å². The van der Waals surface area contributed by atoms with Crippen molar-refractivity contribution in [2.75, 3.05) is 5.32 Å². The predicted octanol–water partition coefficient (Wildman–Crippen LogP) is 1.28. The van der Waals surface area contributed by atoms with Crippen LogP contribution >= 0.6 is 28.1 Å². The van der Waals surface area contributed by atoms with Crippen molar-refractivity contribution in [1.29, 1.82) is 0 Å². The van der Waals surface area contributed by atoms with Gasteiger partial charge in [0.1, 0.15) is 0 Å². The Bertz CT molecular complexity index is 975. The van der Waals surface area contributed by atoms with Gasteiger partial charge >= 0.3 is 0 Å². The van der Waals surface area contributed by atoms with Gasteiger partial charge in [-0.1, -0.05) is 15.9 Å². The molecule has 2 rings (SSSR count). The highest BCUT2D eigenvalue weighted by molar-refractivity contribution is 9.10. The highest BCUT2D eigenvalue weighted by atomic mass is 79.9. The number of hydrogen-bond donors (Lipinski definition) is 4. The summed E-state index contributed by atoms with van der Waals surface area (Å²) in [5, 5.41) is 7.68. The van der Waals surface area contributed by atoms with Gasteiger partial charge in [-0.3, -0.25) is 5.43 Å². The number of halogens is 1. The summed E-state index contributed by atoms with van der Waals surface area (Å²) >= 11 is 8.20. The molecular weight excluding hydrogens is 452 g/mol. The first kappa shape index (κ1) is 19.8. The summed E-state index contributed by atoms with van der Waals surface area (Å²) in [6.07, 6.45) is 0. The highest BCUT2D eigenvalue weighted by Gasteiger charge is 2.14. The maximum absolute atomic E-state index is 12.1. The summed E-state index contributed by atoms with van der Waals surface area (Å²) in [7, 11) is -7.58. The number of hydrazine groups is 1. The molecular formula is C13H13BrN4O4S3. The maximum Gasteiger partial charge on any atom is 0.257 e. The van der Waals surface area contributed by atoms with Crippen LogP contribution in [0.25, 0.3) is 0 Å². The molecule has 0 aliphatic heterocycles. The fourth-order valence-electron chi connectivity index (χ4n) is 1.68. The fourth-order valence-corrected chi connectivity index (χ4v) is 3.54. The van der Waals surface area contributed by atoms with Gasteiger partial charge in [0.2, 0.25) is 10.0 Å². The lowest BCUT2D eigenvalue weighted by molar-refractivity contribution is 0.577. The summed E-state index contributed by atoms with van der Waals surface area (Å²) in [5.74, 6) is 0. The molecule has 0 aliphatic carbocycles. The van der Waals surface area contributed by atoms with Crippen molar-refractivity contribution in [3.8, 4) is 0 Å². The number of sulfonamides is 2. The van der Waals surface area contributed by atoms with Gasteiger partial charge in [-0.25, -0.2) is 22.0 Å². The molecule has 0 radical (unpaired) electrons. The third kappa shape index (κ3) is 5.73. The zero-order valence-electron chi connectivity index (χ0n) is 12.4. The number of hydrogen-bond acceptors (Lipinski definition) is 5. The van der Waals surface area contributed by atoms with E-state index >= 15 is 0 Å². The van der Waals surface area contributed by atoms with E-state index in [9.17, 15) is 16.8 Å². The summed E-state index contributed by atoms with van der Waals surface area (Å²) < 4.78 is 47.3. The van der Waals surface area contributed by atoms with E-state index in [0.717, 1.165) is 4.47 Å². The van der Waals surface area contributed by atoms with E-state index in [-0.39, 0.29) is 14.9 Å². The lowest BCUT2D eigenvalue weighted by atomic mass is 10.3. The number of primary sulfonamides is 1. The Morgan fingerprint density at radius 1 is 0.920 bits per heavy atom. The molecule has 0 atom stereocenters. The van der Waals surface area contributed by atoms with Gasteiger partial charge in [0.25, 0.3) is 10.0 Å². The van der Waals surface area contributed by atoms with Gasteiger partial charge in [0, 0.05) is 10.2 Å². The van der Waals surface area contributed by atoms with E-state index < -0.39 is 20.0 Å². The molecule has 0 unspecified atom stereocenters. The van der Waals surface area contributed by atoms with Crippen molar-refractivity contribution in [3.05, 3.63) is 53.0 Å². The normalized spacial score (nSPS) is 11.8. The number of anilines is 1. The van der Waals surface area contributed by atoms with Gasteiger partial charge in [-0.05, 0) is 60.7 Å². The molecule has 0 spiro atoms. The first-order chi connectivity index (χ1) is 11.6. The smallest absolute Gasteiger partial charge is 0.257 e. The maximum atomic E-state index is 12.1. The van der Waals surface area contributed by atoms with E-state index in [4.69, 9.17) is 17.4 Å². The lowest BCUT2D eigenvalue weighted by Crippen LogP contribution is -2.43. The molecule has 2 aromatic carbocycles. The van der Waals surface area contributed by atoms with Gasteiger partial charge in [0.05, 0.1) is 9.79 Å². The standard InChI is InChI=1S/C13H13BrN4O4S3/c14-9-1-5-12(6-2-9)25(21,22)18-17-13(23)16-10-3-7-11(8-4-10)24(15,19)20/h1-8,18H,(H2,15,19,20)(H2,16,17,23). The lowest BCUT2D eigenvalue weighted by Gasteiger charge is -2.12. The molecule has 25 heavy (non-hydrogen) atoms. The van der Waals surface area contributed by atoms with Crippen molar-refractivity contribution in [1.82, 2.24) is 10.3 Å². The number of rotatable bonds is 5.